The van der Waals surface area contributed by atoms with Crippen molar-refractivity contribution in [2.75, 3.05) is 0 Å². The SMILES string of the molecule is N#Cc1cccc2c(=O)c3cc(Cl)ccc3sc12. The van der Waals surface area contributed by atoms with Crippen LogP contribution in [0.15, 0.2) is 41.2 Å². The van der Waals surface area contributed by atoms with Crippen LogP contribution in [0.1, 0.15) is 5.56 Å². The zero-order valence-electron chi connectivity index (χ0n) is 9.11. The minimum absolute atomic E-state index is 0.0710. The first kappa shape index (κ1) is 11.2. The lowest BCUT2D eigenvalue weighted by Crippen LogP contribution is -2.01. The molecule has 0 N–H and O–H groups in total. The van der Waals surface area contributed by atoms with Crippen LogP contribution >= 0.6 is 22.9 Å². The standard InChI is InChI=1S/C14H6ClNOS/c15-9-4-5-12-11(6-9)13(17)10-3-1-2-8(7-16)14(10)18-12/h1-6H. The Morgan fingerprint density at radius 2 is 2.00 bits per heavy atom. The summed E-state index contributed by atoms with van der Waals surface area (Å²) in [4.78, 5) is 12.3. The van der Waals surface area contributed by atoms with Gasteiger partial charge in [0.2, 0.25) is 0 Å². The van der Waals surface area contributed by atoms with Crippen molar-refractivity contribution in [3.8, 4) is 6.07 Å². The Morgan fingerprint density at radius 3 is 2.78 bits per heavy atom. The van der Waals surface area contributed by atoms with Crippen LogP contribution in [0, 0.1) is 11.3 Å². The molecule has 4 heteroatoms. The van der Waals surface area contributed by atoms with E-state index in [2.05, 4.69) is 6.07 Å². The molecule has 0 saturated heterocycles. The Kier molecular flexibility index (Phi) is 2.55. The molecule has 18 heavy (non-hydrogen) atoms. The first-order valence-corrected chi connectivity index (χ1v) is 6.45. The van der Waals surface area contributed by atoms with Crippen LogP contribution in [0.2, 0.25) is 5.02 Å². The summed E-state index contributed by atoms with van der Waals surface area (Å²) in [6.45, 7) is 0. The Labute approximate surface area is 112 Å². The van der Waals surface area contributed by atoms with Crippen molar-refractivity contribution in [1.29, 1.82) is 5.26 Å². The number of halogens is 1. The number of hydrogen-bond acceptors (Lipinski definition) is 3. The van der Waals surface area contributed by atoms with E-state index in [1.165, 1.54) is 11.3 Å². The number of benzene rings is 2. The summed E-state index contributed by atoms with van der Waals surface area (Å²) in [5.41, 5.74) is 0.463. The average Bonchev–Trinajstić information content (AvgIpc) is 2.39. The monoisotopic (exact) mass is 271 g/mol. The highest BCUT2D eigenvalue weighted by molar-refractivity contribution is 7.24. The summed E-state index contributed by atoms with van der Waals surface area (Å²) < 4.78 is 1.58. The van der Waals surface area contributed by atoms with Crippen molar-refractivity contribution in [2.45, 2.75) is 0 Å². The van der Waals surface area contributed by atoms with Crippen molar-refractivity contribution in [3.63, 3.8) is 0 Å². The second-order valence-corrected chi connectivity index (χ2v) is 5.35. The van der Waals surface area contributed by atoms with E-state index < -0.39 is 0 Å². The summed E-state index contributed by atoms with van der Waals surface area (Å²) in [6.07, 6.45) is 0. The smallest absolute Gasteiger partial charge is 0.195 e. The quantitative estimate of drug-likeness (QED) is 0.581. The van der Waals surface area contributed by atoms with Crippen molar-refractivity contribution in [3.05, 3.63) is 57.2 Å². The third-order valence-electron chi connectivity index (χ3n) is 2.78. The van der Waals surface area contributed by atoms with Crippen LogP contribution < -0.4 is 5.43 Å². The Morgan fingerprint density at radius 1 is 1.17 bits per heavy atom. The van der Waals surface area contributed by atoms with Gasteiger partial charge in [0.15, 0.2) is 5.43 Å². The van der Waals surface area contributed by atoms with Crippen LogP contribution in [0.3, 0.4) is 0 Å². The van der Waals surface area contributed by atoms with Gasteiger partial charge in [-0.05, 0) is 30.3 Å². The van der Waals surface area contributed by atoms with Gasteiger partial charge in [-0.1, -0.05) is 17.7 Å². The molecule has 0 saturated carbocycles. The molecule has 0 aliphatic rings. The van der Waals surface area contributed by atoms with E-state index in [4.69, 9.17) is 16.9 Å². The normalized spacial score (nSPS) is 10.7. The lowest BCUT2D eigenvalue weighted by atomic mass is 10.1. The van der Waals surface area contributed by atoms with Crippen molar-refractivity contribution in [1.82, 2.24) is 0 Å². The minimum atomic E-state index is -0.0710. The molecule has 0 fully saturated rings. The maximum absolute atomic E-state index is 12.3. The number of nitriles is 1. The van der Waals surface area contributed by atoms with E-state index in [0.29, 0.717) is 21.4 Å². The molecule has 0 amide bonds. The fourth-order valence-electron chi connectivity index (χ4n) is 1.94. The second kappa shape index (κ2) is 4.09. The molecular formula is C14H6ClNOS. The average molecular weight is 272 g/mol. The summed E-state index contributed by atoms with van der Waals surface area (Å²) >= 11 is 7.36. The molecule has 0 spiro atoms. The van der Waals surface area contributed by atoms with Crippen LogP contribution in [0.4, 0.5) is 0 Å². The molecule has 0 atom stereocenters. The first-order chi connectivity index (χ1) is 8.70. The number of nitrogens with zero attached hydrogens (tertiary/aromatic N) is 1. The fraction of sp³-hybridized carbons (Fsp3) is 0. The van der Waals surface area contributed by atoms with Gasteiger partial charge in [0.25, 0.3) is 0 Å². The fourth-order valence-corrected chi connectivity index (χ4v) is 3.22. The van der Waals surface area contributed by atoms with Crippen molar-refractivity contribution in [2.24, 2.45) is 0 Å². The van der Waals surface area contributed by atoms with Crippen molar-refractivity contribution >= 4 is 43.1 Å². The molecule has 3 rings (SSSR count). The molecular weight excluding hydrogens is 266 g/mol. The highest BCUT2D eigenvalue weighted by atomic mass is 35.5. The van der Waals surface area contributed by atoms with Crippen LogP contribution in [-0.2, 0) is 0 Å². The number of hydrogen-bond donors (Lipinski definition) is 0. The molecule has 0 unspecified atom stereocenters. The van der Waals surface area contributed by atoms with Crippen LogP contribution in [-0.4, -0.2) is 0 Å². The zero-order valence-corrected chi connectivity index (χ0v) is 10.7. The highest BCUT2D eigenvalue weighted by Gasteiger charge is 2.09. The van der Waals surface area contributed by atoms with Gasteiger partial charge < -0.3 is 0 Å². The van der Waals surface area contributed by atoms with Gasteiger partial charge in [-0.15, -0.1) is 11.3 Å². The second-order valence-electron chi connectivity index (χ2n) is 3.87. The summed E-state index contributed by atoms with van der Waals surface area (Å²) in [5.74, 6) is 0. The maximum Gasteiger partial charge on any atom is 0.195 e. The zero-order chi connectivity index (χ0) is 12.7. The summed E-state index contributed by atoms with van der Waals surface area (Å²) in [7, 11) is 0. The molecule has 86 valence electrons. The Balaban J connectivity index is 2.62. The molecule has 3 aromatic rings. The van der Waals surface area contributed by atoms with Gasteiger partial charge in [-0.3, -0.25) is 4.79 Å². The van der Waals surface area contributed by atoms with Gasteiger partial charge in [-0.2, -0.15) is 5.26 Å². The van der Waals surface area contributed by atoms with Gasteiger partial charge in [0.05, 0.1) is 10.3 Å². The van der Waals surface area contributed by atoms with E-state index in [9.17, 15) is 4.79 Å². The predicted octanol–water partition coefficient (Wildman–Crippen LogP) is 3.94. The third kappa shape index (κ3) is 1.59. The van der Waals surface area contributed by atoms with E-state index in [-0.39, 0.29) is 5.43 Å². The molecule has 0 aliphatic heterocycles. The number of rotatable bonds is 0. The van der Waals surface area contributed by atoms with Gasteiger partial charge in [-0.25, -0.2) is 0 Å². The summed E-state index contributed by atoms with van der Waals surface area (Å²) in [6, 6.07) is 12.6. The van der Waals surface area contributed by atoms with Gasteiger partial charge in [0.1, 0.15) is 6.07 Å². The van der Waals surface area contributed by atoms with Crippen LogP contribution in [0.25, 0.3) is 20.2 Å². The van der Waals surface area contributed by atoms with Gasteiger partial charge in [0, 0.05) is 20.5 Å². The van der Waals surface area contributed by atoms with Crippen LogP contribution in [0.5, 0.6) is 0 Å². The lowest BCUT2D eigenvalue weighted by molar-refractivity contribution is 1.51. The minimum Gasteiger partial charge on any atom is -0.289 e. The topological polar surface area (TPSA) is 40.9 Å². The maximum atomic E-state index is 12.3. The molecule has 1 heterocycles. The molecule has 0 radical (unpaired) electrons. The number of fused-ring (bicyclic) bond motifs is 2. The molecule has 2 aromatic carbocycles. The molecule has 0 bridgehead atoms. The molecule has 2 nitrogen and oxygen atoms in total. The Hall–Kier alpha value is -1.89. The molecule has 0 aliphatic carbocycles. The Bertz CT molecular complexity index is 876. The third-order valence-corrected chi connectivity index (χ3v) is 4.23. The van der Waals surface area contributed by atoms with E-state index in [1.54, 1.807) is 30.3 Å². The van der Waals surface area contributed by atoms with E-state index >= 15 is 0 Å². The lowest BCUT2D eigenvalue weighted by Gasteiger charge is -2.02. The molecule has 1 aromatic heterocycles. The largest absolute Gasteiger partial charge is 0.289 e. The highest BCUT2D eigenvalue weighted by Crippen LogP contribution is 2.28. The first-order valence-electron chi connectivity index (χ1n) is 5.26. The van der Waals surface area contributed by atoms with E-state index in [0.717, 1.165) is 9.40 Å². The van der Waals surface area contributed by atoms with Crippen molar-refractivity contribution < 1.29 is 0 Å². The summed E-state index contributed by atoms with van der Waals surface area (Å²) in [5, 5.41) is 10.8. The predicted molar refractivity (Wildman–Crippen MR) is 75.3 cm³/mol. The van der Waals surface area contributed by atoms with E-state index in [1.807, 2.05) is 6.07 Å². The van der Waals surface area contributed by atoms with Gasteiger partial charge >= 0.3 is 0 Å².